The first kappa shape index (κ1) is 21.2. The molecule has 0 bridgehead atoms. The molecule has 0 saturated heterocycles. The fourth-order valence-electron chi connectivity index (χ4n) is 3.23. The summed E-state index contributed by atoms with van der Waals surface area (Å²) in [5.74, 6) is 1.77. The topological polar surface area (TPSA) is 53.7 Å². The van der Waals surface area contributed by atoms with Gasteiger partial charge in [-0.2, -0.15) is 0 Å². The zero-order valence-corrected chi connectivity index (χ0v) is 18.7. The number of hydrogen-bond donors (Lipinski definition) is 1. The third-order valence-corrected chi connectivity index (χ3v) is 4.65. The first-order chi connectivity index (χ1) is 12.6. The molecule has 3 aromatic rings. The lowest BCUT2D eigenvalue weighted by Crippen LogP contribution is -2.39. The molecule has 0 amide bonds. The SMILES string of the molecule is CN=C(NCCc1c(C)noc1C)N(C)Cc1ccc2ccccc2c1.I. The maximum atomic E-state index is 5.22. The second kappa shape index (κ2) is 9.73. The normalized spacial score (nSPS) is 11.3. The maximum Gasteiger partial charge on any atom is 0.193 e. The highest BCUT2D eigenvalue weighted by molar-refractivity contribution is 14.0. The van der Waals surface area contributed by atoms with Crippen LogP contribution in [0.5, 0.6) is 0 Å². The van der Waals surface area contributed by atoms with Crippen molar-refractivity contribution in [3.05, 3.63) is 65.0 Å². The van der Waals surface area contributed by atoms with Crippen molar-refractivity contribution in [2.24, 2.45) is 4.99 Å². The number of fused-ring (bicyclic) bond motifs is 1. The molecule has 1 aromatic heterocycles. The molecule has 0 aliphatic rings. The van der Waals surface area contributed by atoms with Crippen LogP contribution in [0.2, 0.25) is 0 Å². The lowest BCUT2D eigenvalue weighted by Gasteiger charge is -2.22. The summed E-state index contributed by atoms with van der Waals surface area (Å²) in [4.78, 5) is 6.54. The van der Waals surface area contributed by atoms with Crippen LogP contribution in [0.25, 0.3) is 10.8 Å². The second-order valence-electron chi connectivity index (χ2n) is 6.56. The van der Waals surface area contributed by atoms with Gasteiger partial charge in [-0.3, -0.25) is 4.99 Å². The van der Waals surface area contributed by atoms with Crippen LogP contribution in [-0.2, 0) is 13.0 Å². The van der Waals surface area contributed by atoms with Gasteiger partial charge in [0.05, 0.1) is 5.69 Å². The monoisotopic (exact) mass is 478 g/mol. The van der Waals surface area contributed by atoms with Gasteiger partial charge in [0.15, 0.2) is 5.96 Å². The predicted octanol–water partition coefficient (Wildman–Crippen LogP) is 4.31. The molecule has 1 N–H and O–H groups in total. The molecule has 6 heteroatoms. The van der Waals surface area contributed by atoms with E-state index in [4.69, 9.17) is 4.52 Å². The van der Waals surface area contributed by atoms with Crippen LogP contribution in [0.4, 0.5) is 0 Å². The number of aromatic nitrogens is 1. The quantitative estimate of drug-likeness (QED) is 0.337. The number of guanidine groups is 1. The molecule has 0 spiro atoms. The van der Waals surface area contributed by atoms with Gasteiger partial charge < -0.3 is 14.7 Å². The molecule has 0 aliphatic heterocycles. The van der Waals surface area contributed by atoms with E-state index in [9.17, 15) is 0 Å². The highest BCUT2D eigenvalue weighted by Crippen LogP contribution is 2.16. The minimum absolute atomic E-state index is 0. The molecule has 27 heavy (non-hydrogen) atoms. The van der Waals surface area contributed by atoms with E-state index in [1.807, 2.05) is 20.9 Å². The summed E-state index contributed by atoms with van der Waals surface area (Å²) < 4.78 is 5.22. The van der Waals surface area contributed by atoms with Gasteiger partial charge in [0, 0.05) is 32.7 Å². The summed E-state index contributed by atoms with van der Waals surface area (Å²) in [6.45, 7) is 5.52. The van der Waals surface area contributed by atoms with Crippen LogP contribution in [0, 0.1) is 13.8 Å². The van der Waals surface area contributed by atoms with Crippen LogP contribution in [0.15, 0.2) is 52.0 Å². The van der Waals surface area contributed by atoms with Gasteiger partial charge in [-0.15, -0.1) is 24.0 Å². The number of hydrogen-bond acceptors (Lipinski definition) is 3. The van der Waals surface area contributed by atoms with Crippen LogP contribution >= 0.6 is 24.0 Å². The Morgan fingerprint density at radius 1 is 1.15 bits per heavy atom. The largest absolute Gasteiger partial charge is 0.361 e. The number of nitrogens with zero attached hydrogens (tertiary/aromatic N) is 3. The molecule has 0 atom stereocenters. The molecule has 144 valence electrons. The first-order valence-corrected chi connectivity index (χ1v) is 8.89. The Hall–Kier alpha value is -2.09. The molecule has 1 heterocycles. The predicted molar refractivity (Wildman–Crippen MR) is 122 cm³/mol. The van der Waals surface area contributed by atoms with Gasteiger partial charge >= 0.3 is 0 Å². The maximum absolute atomic E-state index is 5.22. The van der Waals surface area contributed by atoms with E-state index in [-0.39, 0.29) is 24.0 Å². The average Bonchev–Trinajstić information content (AvgIpc) is 2.97. The standard InChI is InChI=1S/C21H26N4O.HI/c1-15-20(16(2)26-24-15)11-12-23-21(22-3)25(4)14-17-9-10-18-7-5-6-8-19(18)13-17;/h5-10,13H,11-12,14H2,1-4H3,(H,22,23);1H. The lowest BCUT2D eigenvalue weighted by atomic mass is 10.1. The van der Waals surface area contributed by atoms with E-state index in [1.165, 1.54) is 21.9 Å². The van der Waals surface area contributed by atoms with Crippen molar-refractivity contribution in [3.63, 3.8) is 0 Å². The summed E-state index contributed by atoms with van der Waals surface area (Å²) in [6.07, 6.45) is 0.865. The third kappa shape index (κ3) is 5.22. The Morgan fingerprint density at radius 3 is 2.56 bits per heavy atom. The minimum atomic E-state index is 0. The smallest absolute Gasteiger partial charge is 0.193 e. The van der Waals surface area contributed by atoms with Crippen molar-refractivity contribution in [1.82, 2.24) is 15.4 Å². The van der Waals surface area contributed by atoms with Gasteiger partial charge in [-0.05, 0) is 42.7 Å². The van der Waals surface area contributed by atoms with Crippen molar-refractivity contribution in [2.45, 2.75) is 26.8 Å². The number of rotatable bonds is 5. The fourth-order valence-corrected chi connectivity index (χ4v) is 3.23. The molecule has 0 saturated carbocycles. The number of aliphatic imine (C=N–C) groups is 1. The van der Waals surface area contributed by atoms with E-state index in [1.54, 1.807) is 0 Å². The van der Waals surface area contributed by atoms with Gasteiger partial charge in [0.25, 0.3) is 0 Å². The van der Waals surface area contributed by atoms with E-state index in [0.717, 1.165) is 36.9 Å². The minimum Gasteiger partial charge on any atom is -0.361 e. The zero-order chi connectivity index (χ0) is 18.5. The Morgan fingerprint density at radius 2 is 1.89 bits per heavy atom. The summed E-state index contributed by atoms with van der Waals surface area (Å²) in [6, 6.07) is 15.0. The van der Waals surface area contributed by atoms with Crippen molar-refractivity contribution < 1.29 is 4.52 Å². The Kier molecular flexibility index (Phi) is 7.65. The van der Waals surface area contributed by atoms with Crippen molar-refractivity contribution in [1.29, 1.82) is 0 Å². The molecule has 5 nitrogen and oxygen atoms in total. The number of aryl methyl sites for hydroxylation is 2. The van der Waals surface area contributed by atoms with Crippen LogP contribution in [0.3, 0.4) is 0 Å². The Bertz CT molecular complexity index is 900. The van der Waals surface area contributed by atoms with Gasteiger partial charge in [0.1, 0.15) is 5.76 Å². The molecular formula is C21H27IN4O. The second-order valence-corrected chi connectivity index (χ2v) is 6.56. The zero-order valence-electron chi connectivity index (χ0n) is 16.3. The lowest BCUT2D eigenvalue weighted by molar-refractivity contribution is 0.392. The van der Waals surface area contributed by atoms with Crippen molar-refractivity contribution >= 4 is 40.7 Å². The van der Waals surface area contributed by atoms with Gasteiger partial charge in [-0.1, -0.05) is 41.6 Å². The first-order valence-electron chi connectivity index (χ1n) is 8.89. The molecule has 2 aromatic carbocycles. The van der Waals surface area contributed by atoms with Crippen LogP contribution in [-0.4, -0.2) is 36.7 Å². The summed E-state index contributed by atoms with van der Waals surface area (Å²) in [7, 11) is 3.87. The van der Waals surface area contributed by atoms with E-state index < -0.39 is 0 Å². The van der Waals surface area contributed by atoms with Gasteiger partial charge in [-0.25, -0.2) is 0 Å². The molecule has 0 unspecified atom stereocenters. The molecule has 0 radical (unpaired) electrons. The third-order valence-electron chi connectivity index (χ3n) is 4.65. The van der Waals surface area contributed by atoms with E-state index in [2.05, 4.69) is 69.9 Å². The molecule has 0 fully saturated rings. The molecule has 0 aliphatic carbocycles. The van der Waals surface area contributed by atoms with Crippen LogP contribution in [0.1, 0.15) is 22.6 Å². The summed E-state index contributed by atoms with van der Waals surface area (Å²) in [5, 5.41) is 9.96. The number of nitrogens with one attached hydrogen (secondary N) is 1. The fraction of sp³-hybridized carbons (Fsp3) is 0.333. The van der Waals surface area contributed by atoms with Crippen molar-refractivity contribution in [3.8, 4) is 0 Å². The molecule has 3 rings (SSSR count). The Labute approximate surface area is 177 Å². The van der Waals surface area contributed by atoms with Crippen molar-refractivity contribution in [2.75, 3.05) is 20.6 Å². The van der Waals surface area contributed by atoms with E-state index >= 15 is 0 Å². The highest BCUT2D eigenvalue weighted by atomic mass is 127. The van der Waals surface area contributed by atoms with E-state index in [0.29, 0.717) is 0 Å². The number of benzene rings is 2. The Balaban J connectivity index is 0.00000261. The van der Waals surface area contributed by atoms with Gasteiger partial charge in [0.2, 0.25) is 0 Å². The molecular weight excluding hydrogens is 451 g/mol. The van der Waals surface area contributed by atoms with Crippen LogP contribution < -0.4 is 5.32 Å². The highest BCUT2D eigenvalue weighted by Gasteiger charge is 2.10. The average molecular weight is 478 g/mol. The summed E-state index contributed by atoms with van der Waals surface area (Å²) in [5.41, 5.74) is 3.40. The summed E-state index contributed by atoms with van der Waals surface area (Å²) >= 11 is 0. The number of halogens is 1.